The first-order valence-electron chi connectivity index (χ1n) is 11.3. The Balaban J connectivity index is 1.32. The second kappa shape index (κ2) is 9.92. The molecular formula is C24H32N4O2. The zero-order chi connectivity index (χ0) is 20.8. The van der Waals surface area contributed by atoms with E-state index in [1.807, 2.05) is 34.0 Å². The van der Waals surface area contributed by atoms with Crippen molar-refractivity contribution < 1.29 is 9.59 Å². The number of likely N-dealkylation sites (tertiary alicyclic amines) is 1. The highest BCUT2D eigenvalue weighted by atomic mass is 16.2. The molecule has 1 saturated carbocycles. The maximum Gasteiger partial charge on any atom is 0.225 e. The van der Waals surface area contributed by atoms with Crippen LogP contribution < -0.4 is 5.32 Å². The second-order valence-corrected chi connectivity index (χ2v) is 8.73. The largest absolute Gasteiger partial charge is 0.352 e. The molecule has 1 saturated heterocycles. The predicted molar refractivity (Wildman–Crippen MR) is 115 cm³/mol. The van der Waals surface area contributed by atoms with Gasteiger partial charge in [-0.15, -0.1) is 0 Å². The number of nitrogens with one attached hydrogen (secondary N) is 1. The van der Waals surface area contributed by atoms with Crippen LogP contribution in [0, 0.1) is 11.8 Å². The molecule has 2 aliphatic rings. The lowest BCUT2D eigenvalue weighted by Gasteiger charge is -2.35. The summed E-state index contributed by atoms with van der Waals surface area (Å²) in [6.45, 7) is 2.58. The number of amides is 2. The van der Waals surface area contributed by atoms with Crippen molar-refractivity contribution in [3.63, 3.8) is 0 Å². The Hall–Kier alpha value is -2.63. The van der Waals surface area contributed by atoms with E-state index in [1.54, 1.807) is 6.20 Å². The molecule has 2 fully saturated rings. The molecule has 160 valence electrons. The van der Waals surface area contributed by atoms with E-state index in [9.17, 15) is 9.59 Å². The molecule has 6 nitrogen and oxygen atoms in total. The van der Waals surface area contributed by atoms with Crippen LogP contribution in [0.15, 0.2) is 42.7 Å². The van der Waals surface area contributed by atoms with Crippen LogP contribution in [0.2, 0.25) is 0 Å². The van der Waals surface area contributed by atoms with Crippen molar-refractivity contribution in [1.82, 2.24) is 20.0 Å². The number of benzene rings is 1. The standard InChI is InChI=1S/C24H32N4O2/c29-23-12-11-22(17-27(23)16-19-7-2-1-3-8-19)24(30)25-15-20-9-4-5-10-21(20)18-28-14-6-13-26-28/h4-6,9-10,13-14,19,22H,1-3,7-8,11-12,15-18H2,(H,25,30). The van der Waals surface area contributed by atoms with Crippen LogP contribution in [0.25, 0.3) is 0 Å². The Morgan fingerprint density at radius 3 is 2.63 bits per heavy atom. The zero-order valence-electron chi connectivity index (χ0n) is 17.6. The molecule has 2 aromatic rings. The van der Waals surface area contributed by atoms with Crippen molar-refractivity contribution in [1.29, 1.82) is 0 Å². The topological polar surface area (TPSA) is 67.2 Å². The van der Waals surface area contributed by atoms with Gasteiger partial charge in [0.2, 0.25) is 11.8 Å². The fourth-order valence-electron chi connectivity index (χ4n) is 4.77. The summed E-state index contributed by atoms with van der Waals surface area (Å²) in [6.07, 6.45) is 11.1. The summed E-state index contributed by atoms with van der Waals surface area (Å²) in [7, 11) is 0. The lowest BCUT2D eigenvalue weighted by atomic mass is 9.87. The SMILES string of the molecule is O=C(NCc1ccccc1Cn1cccn1)C1CCC(=O)N(CC2CCCCC2)C1. The van der Waals surface area contributed by atoms with Crippen molar-refractivity contribution in [2.24, 2.45) is 11.8 Å². The van der Waals surface area contributed by atoms with Gasteiger partial charge < -0.3 is 10.2 Å². The third-order valence-electron chi connectivity index (χ3n) is 6.54. The molecule has 1 aliphatic heterocycles. The molecule has 0 radical (unpaired) electrons. The third-order valence-corrected chi connectivity index (χ3v) is 6.54. The number of nitrogens with zero attached hydrogens (tertiary/aromatic N) is 3. The van der Waals surface area contributed by atoms with Crippen LogP contribution in [0.4, 0.5) is 0 Å². The van der Waals surface area contributed by atoms with E-state index >= 15 is 0 Å². The predicted octanol–water partition coefficient (Wildman–Crippen LogP) is 3.37. The minimum Gasteiger partial charge on any atom is -0.352 e. The van der Waals surface area contributed by atoms with Gasteiger partial charge >= 0.3 is 0 Å². The van der Waals surface area contributed by atoms with Crippen molar-refractivity contribution in [2.75, 3.05) is 13.1 Å². The molecule has 4 rings (SSSR count). The molecule has 1 atom stereocenters. The van der Waals surface area contributed by atoms with Gasteiger partial charge in [-0.05, 0) is 42.4 Å². The summed E-state index contributed by atoms with van der Waals surface area (Å²) >= 11 is 0. The number of hydrogen-bond donors (Lipinski definition) is 1. The molecule has 30 heavy (non-hydrogen) atoms. The summed E-state index contributed by atoms with van der Waals surface area (Å²) in [5.41, 5.74) is 2.26. The number of hydrogen-bond acceptors (Lipinski definition) is 3. The van der Waals surface area contributed by atoms with Crippen molar-refractivity contribution in [3.05, 3.63) is 53.9 Å². The molecule has 2 heterocycles. The van der Waals surface area contributed by atoms with Crippen LogP contribution in [0.3, 0.4) is 0 Å². The highest BCUT2D eigenvalue weighted by Gasteiger charge is 2.31. The average Bonchev–Trinajstić information content (AvgIpc) is 3.28. The molecule has 0 bridgehead atoms. The quantitative estimate of drug-likeness (QED) is 0.764. The van der Waals surface area contributed by atoms with Crippen LogP contribution in [0.5, 0.6) is 0 Å². The second-order valence-electron chi connectivity index (χ2n) is 8.73. The van der Waals surface area contributed by atoms with Gasteiger partial charge in [-0.3, -0.25) is 14.3 Å². The number of carbonyl (C=O) groups excluding carboxylic acids is 2. The normalized spacial score (nSPS) is 20.3. The minimum absolute atomic E-state index is 0.0602. The van der Waals surface area contributed by atoms with E-state index in [2.05, 4.69) is 22.5 Å². The number of rotatable bonds is 7. The maximum absolute atomic E-state index is 12.9. The van der Waals surface area contributed by atoms with Crippen LogP contribution in [-0.4, -0.2) is 39.6 Å². The Kier molecular flexibility index (Phi) is 6.82. The van der Waals surface area contributed by atoms with E-state index in [0.29, 0.717) is 38.4 Å². The fourth-order valence-corrected chi connectivity index (χ4v) is 4.77. The zero-order valence-corrected chi connectivity index (χ0v) is 17.6. The highest BCUT2D eigenvalue weighted by Crippen LogP contribution is 2.27. The molecule has 1 unspecified atom stereocenters. The highest BCUT2D eigenvalue weighted by molar-refractivity contribution is 5.83. The summed E-state index contributed by atoms with van der Waals surface area (Å²) < 4.78 is 1.89. The van der Waals surface area contributed by atoms with E-state index in [1.165, 1.54) is 32.1 Å². The molecular weight excluding hydrogens is 376 g/mol. The minimum atomic E-state index is -0.107. The van der Waals surface area contributed by atoms with E-state index < -0.39 is 0 Å². The smallest absolute Gasteiger partial charge is 0.225 e. The molecule has 1 aliphatic carbocycles. The molecule has 1 N–H and O–H groups in total. The monoisotopic (exact) mass is 408 g/mol. The summed E-state index contributed by atoms with van der Waals surface area (Å²) in [5, 5.41) is 7.40. The van der Waals surface area contributed by atoms with Crippen LogP contribution in [-0.2, 0) is 22.7 Å². The van der Waals surface area contributed by atoms with E-state index in [4.69, 9.17) is 0 Å². The molecule has 0 spiro atoms. The van der Waals surface area contributed by atoms with E-state index in [-0.39, 0.29) is 17.7 Å². The van der Waals surface area contributed by atoms with Gasteiger partial charge in [0.15, 0.2) is 0 Å². The Morgan fingerprint density at radius 1 is 1.07 bits per heavy atom. The summed E-state index contributed by atoms with van der Waals surface area (Å²) in [5.74, 6) is 0.780. The van der Waals surface area contributed by atoms with Gasteiger partial charge in [0.05, 0.1) is 12.5 Å². The molecule has 2 amide bonds. The van der Waals surface area contributed by atoms with Gasteiger partial charge in [0, 0.05) is 38.4 Å². The number of carbonyl (C=O) groups is 2. The molecule has 6 heteroatoms. The first-order chi connectivity index (χ1) is 14.7. The fraction of sp³-hybridized carbons (Fsp3) is 0.542. The lowest BCUT2D eigenvalue weighted by molar-refractivity contribution is -0.139. The van der Waals surface area contributed by atoms with Gasteiger partial charge in [-0.25, -0.2) is 0 Å². The van der Waals surface area contributed by atoms with Crippen LogP contribution >= 0.6 is 0 Å². The number of aromatic nitrogens is 2. The molecule has 1 aromatic carbocycles. The maximum atomic E-state index is 12.9. The van der Waals surface area contributed by atoms with Gasteiger partial charge in [0.25, 0.3) is 0 Å². The van der Waals surface area contributed by atoms with Crippen molar-refractivity contribution in [2.45, 2.75) is 58.0 Å². The van der Waals surface area contributed by atoms with E-state index in [0.717, 1.165) is 17.7 Å². The van der Waals surface area contributed by atoms with Crippen molar-refractivity contribution in [3.8, 4) is 0 Å². The average molecular weight is 409 g/mol. The summed E-state index contributed by atoms with van der Waals surface area (Å²) in [4.78, 5) is 27.2. The number of piperidine rings is 1. The van der Waals surface area contributed by atoms with Gasteiger partial charge in [0.1, 0.15) is 0 Å². The lowest BCUT2D eigenvalue weighted by Crippen LogP contribution is -2.47. The van der Waals surface area contributed by atoms with Gasteiger partial charge in [-0.2, -0.15) is 5.10 Å². The Labute approximate surface area is 178 Å². The Morgan fingerprint density at radius 2 is 1.87 bits per heavy atom. The first kappa shape index (κ1) is 20.6. The van der Waals surface area contributed by atoms with Gasteiger partial charge in [-0.1, -0.05) is 43.5 Å². The first-order valence-corrected chi connectivity index (χ1v) is 11.3. The summed E-state index contributed by atoms with van der Waals surface area (Å²) in [6, 6.07) is 10.1. The Bertz CT molecular complexity index is 843. The molecule has 1 aromatic heterocycles. The third kappa shape index (κ3) is 5.29. The van der Waals surface area contributed by atoms with Crippen LogP contribution in [0.1, 0.15) is 56.1 Å². The van der Waals surface area contributed by atoms with Crippen molar-refractivity contribution >= 4 is 11.8 Å².